The van der Waals surface area contributed by atoms with Crippen molar-refractivity contribution in [3.63, 3.8) is 0 Å². The molecule has 0 atom stereocenters. The highest BCUT2D eigenvalue weighted by atomic mass is 16.5. The molecule has 0 aromatic heterocycles. The van der Waals surface area contributed by atoms with Crippen LogP contribution in [0.1, 0.15) is 24.0 Å². The van der Waals surface area contributed by atoms with Crippen LogP contribution in [0.3, 0.4) is 0 Å². The molecule has 0 bridgehead atoms. The fraction of sp³-hybridized carbons (Fsp3) is 0.385. The predicted octanol–water partition coefficient (Wildman–Crippen LogP) is 4.58. The van der Waals surface area contributed by atoms with Crippen LogP contribution in [0.2, 0.25) is 0 Å². The van der Waals surface area contributed by atoms with Crippen LogP contribution in [0, 0.1) is 0 Å². The summed E-state index contributed by atoms with van der Waals surface area (Å²) in [5.74, 6) is 1.99. The number of nitrogens with zero attached hydrogens (tertiary/aromatic N) is 2. The molecule has 4 heteroatoms. The van der Waals surface area contributed by atoms with Crippen LogP contribution in [0.15, 0.2) is 59.7 Å². The molecule has 0 fully saturated rings. The second-order valence-electron chi connectivity index (χ2n) is 8.44. The average Bonchev–Trinajstić information content (AvgIpc) is 2.76. The lowest BCUT2D eigenvalue weighted by atomic mass is 10.1. The van der Waals surface area contributed by atoms with Gasteiger partial charge in [-0.1, -0.05) is 36.4 Å². The van der Waals surface area contributed by atoms with Crippen LogP contribution in [-0.4, -0.2) is 63.3 Å². The Morgan fingerprint density at radius 1 is 0.667 bits per heavy atom. The van der Waals surface area contributed by atoms with Gasteiger partial charge in [0.15, 0.2) is 0 Å². The molecule has 0 N–H and O–H groups in total. The number of hydrogen-bond donors (Lipinski definition) is 0. The maximum atomic E-state index is 5.87. The van der Waals surface area contributed by atoms with Gasteiger partial charge in [-0.25, -0.2) is 0 Å². The summed E-state index contributed by atoms with van der Waals surface area (Å²) < 4.78 is 11.7. The first-order valence-electron chi connectivity index (χ1n) is 10.9. The first kappa shape index (κ1) is 20.7. The molecular weight excluding hydrogens is 372 g/mol. The standard InChI is InChI=1S/C26H32N2O2/c1-27(17-21-15-23-9-3-5-11-25(23)29-19-21)13-7-8-14-28(2)18-22-16-24-10-4-6-12-26(24)30-20-22/h3-6,9-12,15-16H,7-8,13-14,17-20H2,1-2H3. The molecule has 2 heterocycles. The zero-order valence-electron chi connectivity index (χ0n) is 18.1. The quantitative estimate of drug-likeness (QED) is 0.571. The molecular formula is C26H32N2O2. The summed E-state index contributed by atoms with van der Waals surface area (Å²) in [5, 5.41) is 0. The number of rotatable bonds is 9. The minimum absolute atomic E-state index is 0.699. The van der Waals surface area contributed by atoms with E-state index in [0.717, 1.165) is 37.7 Å². The molecule has 4 nitrogen and oxygen atoms in total. The van der Waals surface area contributed by atoms with Gasteiger partial charge >= 0.3 is 0 Å². The Bertz CT molecular complexity index is 843. The van der Waals surface area contributed by atoms with Crippen LogP contribution in [0.4, 0.5) is 0 Å². The van der Waals surface area contributed by atoms with Crippen molar-refractivity contribution in [1.29, 1.82) is 0 Å². The Morgan fingerprint density at radius 3 is 1.57 bits per heavy atom. The molecule has 0 radical (unpaired) electrons. The van der Waals surface area contributed by atoms with Gasteiger partial charge in [0, 0.05) is 24.2 Å². The van der Waals surface area contributed by atoms with Crippen LogP contribution >= 0.6 is 0 Å². The van der Waals surface area contributed by atoms with Gasteiger partial charge in [-0.05, 0) is 75.5 Å². The van der Waals surface area contributed by atoms with Crippen LogP contribution in [0.5, 0.6) is 11.5 Å². The Hall–Kier alpha value is -2.56. The molecule has 158 valence electrons. The third-order valence-electron chi connectivity index (χ3n) is 5.66. The van der Waals surface area contributed by atoms with Crippen molar-refractivity contribution >= 4 is 12.2 Å². The molecule has 0 spiro atoms. The van der Waals surface area contributed by atoms with Gasteiger partial charge in [0.1, 0.15) is 24.7 Å². The molecule has 0 saturated heterocycles. The van der Waals surface area contributed by atoms with Gasteiger partial charge in [-0.15, -0.1) is 0 Å². The van der Waals surface area contributed by atoms with E-state index in [2.05, 4.69) is 60.3 Å². The third kappa shape index (κ3) is 5.53. The van der Waals surface area contributed by atoms with Gasteiger partial charge in [0.25, 0.3) is 0 Å². The fourth-order valence-electron chi connectivity index (χ4n) is 4.12. The van der Waals surface area contributed by atoms with Gasteiger partial charge in [0.2, 0.25) is 0 Å². The van der Waals surface area contributed by atoms with Crippen LogP contribution < -0.4 is 9.47 Å². The van der Waals surface area contributed by atoms with Crippen LogP contribution in [-0.2, 0) is 0 Å². The number of fused-ring (bicyclic) bond motifs is 2. The summed E-state index contributed by atoms with van der Waals surface area (Å²) in [5.41, 5.74) is 5.07. The Morgan fingerprint density at radius 2 is 1.10 bits per heavy atom. The van der Waals surface area contributed by atoms with Gasteiger partial charge in [-0.2, -0.15) is 0 Å². The van der Waals surface area contributed by atoms with Crippen molar-refractivity contribution in [2.24, 2.45) is 0 Å². The van der Waals surface area contributed by atoms with Crippen molar-refractivity contribution in [3.05, 3.63) is 70.8 Å². The van der Waals surface area contributed by atoms with Gasteiger partial charge in [-0.3, -0.25) is 0 Å². The summed E-state index contributed by atoms with van der Waals surface area (Å²) in [7, 11) is 4.40. The number of benzene rings is 2. The van der Waals surface area contributed by atoms with E-state index in [9.17, 15) is 0 Å². The molecule has 2 aliphatic rings. The molecule has 0 saturated carbocycles. The van der Waals surface area contributed by atoms with E-state index >= 15 is 0 Å². The van der Waals surface area contributed by atoms with Crippen molar-refractivity contribution in [3.8, 4) is 11.5 Å². The van der Waals surface area contributed by atoms with E-state index in [0.29, 0.717) is 13.2 Å². The molecule has 0 unspecified atom stereocenters. The molecule has 2 aromatic rings. The van der Waals surface area contributed by atoms with Crippen molar-refractivity contribution in [2.45, 2.75) is 12.8 Å². The van der Waals surface area contributed by atoms with E-state index in [1.807, 2.05) is 24.3 Å². The number of likely N-dealkylation sites (N-methyl/N-ethyl adjacent to an activating group) is 2. The lowest BCUT2D eigenvalue weighted by Gasteiger charge is -2.24. The molecule has 4 rings (SSSR count). The van der Waals surface area contributed by atoms with E-state index in [1.54, 1.807) is 0 Å². The lowest BCUT2D eigenvalue weighted by Crippen LogP contribution is -2.28. The van der Waals surface area contributed by atoms with Gasteiger partial charge in [0.05, 0.1) is 0 Å². The number of hydrogen-bond acceptors (Lipinski definition) is 4. The third-order valence-corrected chi connectivity index (χ3v) is 5.66. The number of unbranched alkanes of at least 4 members (excludes halogenated alkanes) is 1. The largest absolute Gasteiger partial charge is 0.489 e. The minimum Gasteiger partial charge on any atom is -0.489 e. The summed E-state index contributed by atoms with van der Waals surface area (Å²) in [6.07, 6.45) is 6.95. The summed E-state index contributed by atoms with van der Waals surface area (Å²) in [4.78, 5) is 4.80. The zero-order chi connectivity index (χ0) is 20.8. The Kier molecular flexibility index (Phi) is 6.88. The zero-order valence-corrected chi connectivity index (χ0v) is 18.1. The normalized spacial score (nSPS) is 15.1. The molecule has 2 aromatic carbocycles. The van der Waals surface area contributed by atoms with E-state index in [-0.39, 0.29) is 0 Å². The summed E-state index contributed by atoms with van der Waals surface area (Å²) >= 11 is 0. The Labute approximate surface area is 180 Å². The lowest BCUT2D eigenvalue weighted by molar-refractivity contribution is 0.286. The maximum absolute atomic E-state index is 5.87. The van der Waals surface area contributed by atoms with Crippen molar-refractivity contribution < 1.29 is 9.47 Å². The van der Waals surface area contributed by atoms with Crippen molar-refractivity contribution in [1.82, 2.24) is 9.80 Å². The molecule has 0 amide bonds. The SMILES string of the molecule is CN(CCCCN(C)CC1=Cc2ccccc2OC1)CC1=Cc2ccccc2OC1. The van der Waals surface area contributed by atoms with E-state index < -0.39 is 0 Å². The summed E-state index contributed by atoms with van der Waals surface area (Å²) in [6, 6.07) is 16.5. The van der Waals surface area contributed by atoms with E-state index in [4.69, 9.17) is 9.47 Å². The highest BCUT2D eigenvalue weighted by molar-refractivity contribution is 5.63. The first-order chi connectivity index (χ1) is 14.7. The molecule has 2 aliphatic heterocycles. The smallest absolute Gasteiger partial charge is 0.127 e. The van der Waals surface area contributed by atoms with Crippen molar-refractivity contribution in [2.75, 3.05) is 53.5 Å². The predicted molar refractivity (Wildman–Crippen MR) is 124 cm³/mol. The minimum atomic E-state index is 0.699. The second kappa shape index (κ2) is 9.96. The number of para-hydroxylation sites is 2. The van der Waals surface area contributed by atoms with Crippen LogP contribution in [0.25, 0.3) is 12.2 Å². The average molecular weight is 405 g/mol. The molecule has 0 aliphatic carbocycles. The highest BCUT2D eigenvalue weighted by Crippen LogP contribution is 2.27. The van der Waals surface area contributed by atoms with Gasteiger partial charge < -0.3 is 19.3 Å². The second-order valence-corrected chi connectivity index (χ2v) is 8.44. The fourth-order valence-corrected chi connectivity index (χ4v) is 4.12. The Balaban J connectivity index is 1.16. The number of ether oxygens (including phenoxy) is 2. The summed E-state index contributed by atoms with van der Waals surface area (Å²) in [6.45, 7) is 5.54. The highest BCUT2D eigenvalue weighted by Gasteiger charge is 2.13. The molecule has 30 heavy (non-hydrogen) atoms. The first-order valence-corrected chi connectivity index (χ1v) is 10.9. The van der Waals surface area contributed by atoms with E-state index in [1.165, 1.54) is 35.1 Å². The topological polar surface area (TPSA) is 24.9 Å². The maximum Gasteiger partial charge on any atom is 0.127 e. The monoisotopic (exact) mass is 404 g/mol.